The Kier molecular flexibility index (Phi) is 5.46. The summed E-state index contributed by atoms with van der Waals surface area (Å²) in [6, 6.07) is 14.3. The molecular weight excluding hydrogens is 416 g/mol. The number of aliphatic hydroxyl groups is 1. The van der Waals surface area contributed by atoms with Gasteiger partial charge in [0.1, 0.15) is 17.3 Å². The number of methoxy groups -OCH3 is 1. The molecular formula is C23H18N2O7. The minimum absolute atomic E-state index is 0.0197. The van der Waals surface area contributed by atoms with Crippen LogP contribution in [0, 0.1) is 10.1 Å². The zero-order valence-electron chi connectivity index (χ0n) is 16.9. The van der Waals surface area contributed by atoms with Gasteiger partial charge in [0.2, 0.25) is 0 Å². The molecule has 1 aliphatic rings. The van der Waals surface area contributed by atoms with E-state index in [1.54, 1.807) is 36.4 Å². The fourth-order valence-corrected chi connectivity index (χ4v) is 3.66. The number of carbonyl (C=O) groups is 2. The smallest absolute Gasteiger partial charge is 0.296 e. The van der Waals surface area contributed by atoms with Crippen molar-refractivity contribution in [3.05, 3.63) is 99.5 Å². The van der Waals surface area contributed by atoms with Crippen molar-refractivity contribution in [2.24, 2.45) is 0 Å². The number of amides is 1. The lowest BCUT2D eigenvalue weighted by Crippen LogP contribution is -2.29. The van der Waals surface area contributed by atoms with Crippen LogP contribution in [0.4, 0.5) is 5.69 Å². The van der Waals surface area contributed by atoms with Crippen LogP contribution >= 0.6 is 0 Å². The summed E-state index contributed by atoms with van der Waals surface area (Å²) in [6.45, 7) is -0.0197. The number of ether oxygens (including phenoxy) is 1. The fraction of sp³-hybridized carbons (Fsp3) is 0.130. The van der Waals surface area contributed by atoms with Crippen LogP contribution in [-0.4, -0.2) is 33.7 Å². The summed E-state index contributed by atoms with van der Waals surface area (Å²) < 4.78 is 10.5. The minimum Gasteiger partial charge on any atom is -0.507 e. The number of nitro benzene ring substituents is 1. The largest absolute Gasteiger partial charge is 0.507 e. The van der Waals surface area contributed by atoms with E-state index in [0.29, 0.717) is 22.6 Å². The average molecular weight is 434 g/mol. The summed E-state index contributed by atoms with van der Waals surface area (Å²) in [7, 11) is 1.47. The summed E-state index contributed by atoms with van der Waals surface area (Å²) >= 11 is 0. The molecule has 1 saturated heterocycles. The Morgan fingerprint density at radius 2 is 1.91 bits per heavy atom. The monoisotopic (exact) mass is 434 g/mol. The second-order valence-corrected chi connectivity index (χ2v) is 7.09. The molecule has 0 saturated carbocycles. The van der Waals surface area contributed by atoms with Gasteiger partial charge in [0.15, 0.2) is 0 Å². The standard InChI is InChI=1S/C23H18N2O7/c1-31-17-5-2-4-15(12-17)21(26)19-20(14-7-9-16(10-8-14)25(29)30)24(23(28)22(19)27)13-18-6-3-11-32-18/h2-12,20,26H,13H2,1H3/b21-19+. The van der Waals surface area contributed by atoms with Gasteiger partial charge in [-0.25, -0.2) is 0 Å². The summed E-state index contributed by atoms with van der Waals surface area (Å²) in [5, 5.41) is 22.1. The zero-order chi connectivity index (χ0) is 22.8. The van der Waals surface area contributed by atoms with E-state index in [1.807, 2.05) is 0 Å². The van der Waals surface area contributed by atoms with Crippen LogP contribution in [0.25, 0.3) is 5.76 Å². The van der Waals surface area contributed by atoms with E-state index in [4.69, 9.17) is 9.15 Å². The van der Waals surface area contributed by atoms with Crippen molar-refractivity contribution in [2.45, 2.75) is 12.6 Å². The van der Waals surface area contributed by atoms with Crippen molar-refractivity contribution < 1.29 is 28.8 Å². The molecule has 4 rings (SSSR count). The number of nitro groups is 1. The SMILES string of the molecule is COc1cccc(/C(O)=C2\C(=O)C(=O)N(Cc3ccco3)C2c2ccc([N+](=O)[O-])cc2)c1. The van der Waals surface area contributed by atoms with Gasteiger partial charge in [-0.2, -0.15) is 0 Å². The summed E-state index contributed by atoms with van der Waals surface area (Å²) in [5.41, 5.74) is 0.478. The van der Waals surface area contributed by atoms with Gasteiger partial charge in [-0.05, 0) is 42.0 Å². The molecule has 2 aromatic carbocycles. The highest BCUT2D eigenvalue weighted by Gasteiger charge is 2.46. The third-order valence-corrected chi connectivity index (χ3v) is 5.21. The van der Waals surface area contributed by atoms with E-state index in [1.165, 1.54) is 42.5 Å². The molecule has 0 bridgehead atoms. The van der Waals surface area contributed by atoms with Gasteiger partial charge in [0, 0.05) is 17.7 Å². The maximum Gasteiger partial charge on any atom is 0.296 e. The number of rotatable bonds is 6. The molecule has 32 heavy (non-hydrogen) atoms. The molecule has 0 aliphatic carbocycles. The van der Waals surface area contributed by atoms with E-state index in [-0.39, 0.29) is 23.6 Å². The molecule has 162 valence electrons. The van der Waals surface area contributed by atoms with Crippen molar-refractivity contribution in [2.75, 3.05) is 7.11 Å². The Hall–Kier alpha value is -4.40. The molecule has 1 atom stereocenters. The number of hydrogen-bond donors (Lipinski definition) is 1. The summed E-state index contributed by atoms with van der Waals surface area (Å²) in [4.78, 5) is 37.7. The van der Waals surface area contributed by atoms with Crippen molar-refractivity contribution in [1.29, 1.82) is 0 Å². The molecule has 2 heterocycles. The Bertz CT molecular complexity index is 1210. The highest BCUT2D eigenvalue weighted by Crippen LogP contribution is 2.41. The van der Waals surface area contributed by atoms with Gasteiger partial charge >= 0.3 is 0 Å². The highest BCUT2D eigenvalue weighted by molar-refractivity contribution is 6.46. The normalized spacial score (nSPS) is 17.5. The maximum absolute atomic E-state index is 13.0. The van der Waals surface area contributed by atoms with E-state index in [9.17, 15) is 24.8 Å². The number of aliphatic hydroxyl groups excluding tert-OH is 1. The molecule has 1 aliphatic heterocycles. The quantitative estimate of drug-likeness (QED) is 0.206. The summed E-state index contributed by atoms with van der Waals surface area (Å²) in [5.74, 6) is -1.13. The molecule has 1 amide bonds. The van der Waals surface area contributed by atoms with Gasteiger partial charge < -0.3 is 19.2 Å². The zero-order valence-corrected chi connectivity index (χ0v) is 16.9. The Labute approximate surface area is 182 Å². The number of ketones is 1. The molecule has 0 spiro atoms. The lowest BCUT2D eigenvalue weighted by atomic mass is 9.95. The number of benzene rings is 2. The van der Waals surface area contributed by atoms with Crippen LogP contribution in [0.3, 0.4) is 0 Å². The Morgan fingerprint density at radius 3 is 2.53 bits per heavy atom. The second kappa shape index (κ2) is 8.38. The first kappa shape index (κ1) is 20.9. The fourth-order valence-electron chi connectivity index (χ4n) is 3.66. The van der Waals surface area contributed by atoms with Crippen molar-refractivity contribution in [1.82, 2.24) is 4.90 Å². The van der Waals surface area contributed by atoms with Gasteiger partial charge in [0.05, 0.1) is 36.5 Å². The van der Waals surface area contributed by atoms with Crippen molar-refractivity contribution in [3.8, 4) is 5.75 Å². The number of carbonyl (C=O) groups excluding carboxylic acids is 2. The first-order valence-corrected chi connectivity index (χ1v) is 9.60. The van der Waals surface area contributed by atoms with Crippen LogP contribution in [-0.2, 0) is 16.1 Å². The van der Waals surface area contributed by atoms with Gasteiger partial charge in [-0.3, -0.25) is 19.7 Å². The van der Waals surface area contributed by atoms with Crippen LogP contribution in [0.5, 0.6) is 5.75 Å². The Morgan fingerprint density at radius 1 is 1.16 bits per heavy atom. The van der Waals surface area contributed by atoms with Crippen molar-refractivity contribution in [3.63, 3.8) is 0 Å². The lowest BCUT2D eigenvalue weighted by molar-refractivity contribution is -0.384. The minimum atomic E-state index is -0.966. The highest BCUT2D eigenvalue weighted by atomic mass is 16.6. The predicted octanol–water partition coefficient (Wildman–Crippen LogP) is 3.82. The molecule has 1 N–H and O–H groups in total. The first-order valence-electron chi connectivity index (χ1n) is 9.60. The molecule has 0 radical (unpaired) electrons. The number of non-ortho nitro benzene ring substituents is 1. The molecule has 9 nitrogen and oxygen atoms in total. The molecule has 1 fully saturated rings. The second-order valence-electron chi connectivity index (χ2n) is 7.09. The first-order chi connectivity index (χ1) is 15.4. The molecule has 3 aromatic rings. The third kappa shape index (κ3) is 3.71. The number of hydrogen-bond acceptors (Lipinski definition) is 7. The van der Waals surface area contributed by atoms with Crippen LogP contribution in [0.15, 0.2) is 76.9 Å². The number of furan rings is 1. The molecule has 1 aromatic heterocycles. The van der Waals surface area contributed by atoms with E-state index >= 15 is 0 Å². The molecule has 9 heteroatoms. The van der Waals surface area contributed by atoms with E-state index in [2.05, 4.69) is 0 Å². The van der Waals surface area contributed by atoms with Gasteiger partial charge in [-0.1, -0.05) is 12.1 Å². The topological polar surface area (TPSA) is 123 Å². The predicted molar refractivity (Wildman–Crippen MR) is 113 cm³/mol. The lowest BCUT2D eigenvalue weighted by Gasteiger charge is -2.24. The van der Waals surface area contributed by atoms with E-state index in [0.717, 1.165) is 0 Å². The van der Waals surface area contributed by atoms with Crippen molar-refractivity contribution >= 4 is 23.1 Å². The van der Waals surface area contributed by atoms with Crippen LogP contribution < -0.4 is 4.74 Å². The molecule has 1 unspecified atom stereocenters. The average Bonchev–Trinajstić information content (AvgIpc) is 3.41. The maximum atomic E-state index is 13.0. The van der Waals surface area contributed by atoms with Gasteiger partial charge in [-0.15, -0.1) is 0 Å². The van der Waals surface area contributed by atoms with Crippen LogP contribution in [0.2, 0.25) is 0 Å². The van der Waals surface area contributed by atoms with Gasteiger partial charge in [0.25, 0.3) is 17.4 Å². The summed E-state index contributed by atoms with van der Waals surface area (Å²) in [6.07, 6.45) is 1.45. The number of nitrogens with zero attached hydrogens (tertiary/aromatic N) is 2. The van der Waals surface area contributed by atoms with E-state index < -0.39 is 22.7 Å². The number of Topliss-reactive ketones (excluding diaryl/α,β-unsaturated/α-hetero) is 1. The third-order valence-electron chi connectivity index (χ3n) is 5.21. The number of likely N-dealkylation sites (tertiary alicyclic amines) is 1. The van der Waals surface area contributed by atoms with Crippen LogP contribution in [0.1, 0.15) is 22.9 Å². The Balaban J connectivity index is 1.86.